The van der Waals surface area contributed by atoms with E-state index in [2.05, 4.69) is 27.0 Å². The Morgan fingerprint density at radius 2 is 2.09 bits per heavy atom. The van der Waals surface area contributed by atoms with Crippen molar-refractivity contribution >= 4 is 38.0 Å². The van der Waals surface area contributed by atoms with Crippen LogP contribution in [0, 0.1) is 0 Å². The zero-order valence-corrected chi connectivity index (χ0v) is 14.0. The van der Waals surface area contributed by atoms with Crippen LogP contribution in [-0.2, 0) is 6.42 Å². The molecule has 0 aliphatic carbocycles. The molecule has 3 aromatic rings. The molecule has 7 heteroatoms. The average molecular weight is 331 g/mol. The van der Waals surface area contributed by atoms with Gasteiger partial charge in [0.25, 0.3) is 0 Å². The number of hydrogen-bond donors (Lipinski definition) is 0. The van der Waals surface area contributed by atoms with Crippen LogP contribution >= 0.6 is 22.7 Å². The second-order valence-electron chi connectivity index (χ2n) is 5.49. The third kappa shape index (κ3) is 2.59. The molecule has 22 heavy (non-hydrogen) atoms. The van der Waals surface area contributed by atoms with E-state index in [4.69, 9.17) is 4.98 Å². The number of thiazole rings is 1. The van der Waals surface area contributed by atoms with Gasteiger partial charge in [0.2, 0.25) is 0 Å². The molecule has 1 aliphatic rings. The van der Waals surface area contributed by atoms with Crippen LogP contribution in [0.25, 0.3) is 10.2 Å². The second kappa shape index (κ2) is 5.89. The highest BCUT2D eigenvalue weighted by Gasteiger charge is 2.25. The first-order valence-electron chi connectivity index (χ1n) is 7.61. The van der Waals surface area contributed by atoms with E-state index in [1.165, 1.54) is 9.71 Å². The quantitative estimate of drug-likeness (QED) is 0.735. The Kier molecular flexibility index (Phi) is 3.75. The van der Waals surface area contributed by atoms with E-state index in [1.807, 2.05) is 18.5 Å². The summed E-state index contributed by atoms with van der Waals surface area (Å²) in [6.07, 6.45) is 6.92. The van der Waals surface area contributed by atoms with Crippen LogP contribution < -0.4 is 4.90 Å². The van der Waals surface area contributed by atoms with Gasteiger partial charge in [0.05, 0.1) is 10.9 Å². The molecule has 4 heterocycles. The van der Waals surface area contributed by atoms with E-state index < -0.39 is 0 Å². The number of piperidine rings is 1. The minimum Gasteiger partial charge on any atom is -0.348 e. The first-order chi connectivity index (χ1) is 10.8. The summed E-state index contributed by atoms with van der Waals surface area (Å²) in [5, 5.41) is 12.1. The van der Waals surface area contributed by atoms with E-state index in [0.717, 1.165) is 48.0 Å². The van der Waals surface area contributed by atoms with Crippen molar-refractivity contribution in [3.8, 4) is 0 Å². The normalized spacial score (nSPS) is 16.5. The summed E-state index contributed by atoms with van der Waals surface area (Å²) in [6.45, 7) is 4.22. The van der Waals surface area contributed by atoms with Crippen LogP contribution in [-0.4, -0.2) is 33.3 Å². The maximum absolute atomic E-state index is 4.71. The molecule has 1 aliphatic heterocycles. The molecule has 0 bridgehead atoms. The van der Waals surface area contributed by atoms with Gasteiger partial charge in [-0.1, -0.05) is 18.3 Å². The van der Waals surface area contributed by atoms with Crippen LogP contribution in [0.3, 0.4) is 0 Å². The largest absolute Gasteiger partial charge is 0.348 e. The lowest BCUT2D eigenvalue weighted by molar-refractivity contribution is 0.500. The van der Waals surface area contributed by atoms with Gasteiger partial charge in [0.15, 0.2) is 5.13 Å². The maximum Gasteiger partial charge on any atom is 0.186 e. The van der Waals surface area contributed by atoms with Gasteiger partial charge in [-0.15, -0.1) is 21.5 Å². The zero-order chi connectivity index (χ0) is 14.9. The fourth-order valence-corrected chi connectivity index (χ4v) is 4.73. The van der Waals surface area contributed by atoms with Crippen LogP contribution in [0.1, 0.15) is 35.7 Å². The van der Waals surface area contributed by atoms with Crippen molar-refractivity contribution in [3.63, 3.8) is 0 Å². The van der Waals surface area contributed by atoms with Gasteiger partial charge < -0.3 is 4.90 Å². The van der Waals surface area contributed by atoms with Gasteiger partial charge in [0, 0.05) is 25.2 Å². The molecule has 114 valence electrons. The molecule has 0 N–H and O–H groups in total. The SMILES string of the molecule is CCc1nnc(C2CCN(c3nc4cnccc4s3)CC2)s1. The molecule has 0 unspecified atom stereocenters. The number of rotatable bonds is 3. The van der Waals surface area contributed by atoms with Gasteiger partial charge in [0.1, 0.15) is 15.5 Å². The summed E-state index contributed by atoms with van der Waals surface area (Å²) in [5.41, 5.74) is 1.00. The number of fused-ring (bicyclic) bond motifs is 1. The Bertz CT molecular complexity index is 740. The lowest BCUT2D eigenvalue weighted by Gasteiger charge is -2.30. The highest BCUT2D eigenvalue weighted by atomic mass is 32.1. The lowest BCUT2D eigenvalue weighted by Crippen LogP contribution is -2.32. The van der Waals surface area contributed by atoms with E-state index in [0.29, 0.717) is 5.92 Å². The van der Waals surface area contributed by atoms with Crippen molar-refractivity contribution in [3.05, 3.63) is 28.5 Å². The van der Waals surface area contributed by atoms with E-state index >= 15 is 0 Å². The lowest BCUT2D eigenvalue weighted by atomic mass is 9.98. The molecule has 5 nitrogen and oxygen atoms in total. The van der Waals surface area contributed by atoms with E-state index in [-0.39, 0.29) is 0 Å². The molecule has 0 saturated carbocycles. The van der Waals surface area contributed by atoms with Crippen LogP contribution in [0.4, 0.5) is 5.13 Å². The summed E-state index contributed by atoms with van der Waals surface area (Å²) in [5.74, 6) is 0.560. The first-order valence-corrected chi connectivity index (χ1v) is 9.24. The van der Waals surface area contributed by atoms with Gasteiger partial charge in [-0.3, -0.25) is 4.98 Å². The minimum absolute atomic E-state index is 0.560. The Labute approximate surface area is 137 Å². The van der Waals surface area contributed by atoms with Crippen LogP contribution in [0.15, 0.2) is 18.5 Å². The molecule has 0 atom stereocenters. The molecule has 1 fully saturated rings. The van der Waals surface area contributed by atoms with Crippen molar-refractivity contribution in [2.75, 3.05) is 18.0 Å². The molecule has 0 radical (unpaired) electrons. The number of aromatic nitrogens is 4. The van der Waals surface area contributed by atoms with Gasteiger partial charge in [-0.05, 0) is 25.3 Å². The Hall–Kier alpha value is -1.60. The monoisotopic (exact) mass is 331 g/mol. The highest BCUT2D eigenvalue weighted by Crippen LogP contribution is 2.34. The summed E-state index contributed by atoms with van der Waals surface area (Å²) in [7, 11) is 0. The minimum atomic E-state index is 0.560. The third-order valence-corrected chi connectivity index (χ3v) is 6.41. The highest BCUT2D eigenvalue weighted by molar-refractivity contribution is 7.22. The Morgan fingerprint density at radius 3 is 2.82 bits per heavy atom. The molecule has 4 rings (SSSR count). The van der Waals surface area contributed by atoms with Gasteiger partial charge >= 0.3 is 0 Å². The fourth-order valence-electron chi connectivity index (χ4n) is 2.80. The Balaban J connectivity index is 1.47. The van der Waals surface area contributed by atoms with Crippen molar-refractivity contribution in [1.82, 2.24) is 20.2 Å². The summed E-state index contributed by atoms with van der Waals surface area (Å²) < 4.78 is 1.21. The summed E-state index contributed by atoms with van der Waals surface area (Å²) in [6, 6.07) is 2.04. The smallest absolute Gasteiger partial charge is 0.186 e. The molecule has 1 saturated heterocycles. The van der Waals surface area contributed by atoms with Gasteiger partial charge in [-0.25, -0.2) is 4.98 Å². The number of nitrogens with zero attached hydrogens (tertiary/aromatic N) is 5. The van der Waals surface area contributed by atoms with E-state index in [9.17, 15) is 0 Å². The summed E-state index contributed by atoms with van der Waals surface area (Å²) >= 11 is 3.54. The topological polar surface area (TPSA) is 54.8 Å². The average Bonchev–Trinajstić information content (AvgIpc) is 3.21. The first kappa shape index (κ1) is 14.0. The fraction of sp³-hybridized carbons (Fsp3) is 0.467. The molecule has 0 aromatic carbocycles. The maximum atomic E-state index is 4.71. The predicted molar refractivity (Wildman–Crippen MR) is 90.9 cm³/mol. The summed E-state index contributed by atoms with van der Waals surface area (Å²) in [4.78, 5) is 11.2. The van der Waals surface area contributed by atoms with Crippen molar-refractivity contribution in [2.24, 2.45) is 0 Å². The second-order valence-corrected chi connectivity index (χ2v) is 7.59. The molecule has 0 spiro atoms. The third-order valence-electron chi connectivity index (χ3n) is 4.08. The zero-order valence-electron chi connectivity index (χ0n) is 12.4. The molecule has 0 amide bonds. The predicted octanol–water partition coefficient (Wildman–Crippen LogP) is 3.49. The Morgan fingerprint density at radius 1 is 1.23 bits per heavy atom. The molecular weight excluding hydrogens is 314 g/mol. The van der Waals surface area contributed by atoms with Crippen molar-refractivity contribution in [1.29, 1.82) is 0 Å². The number of anilines is 1. The van der Waals surface area contributed by atoms with E-state index in [1.54, 1.807) is 22.7 Å². The van der Waals surface area contributed by atoms with Crippen LogP contribution in [0.2, 0.25) is 0 Å². The van der Waals surface area contributed by atoms with Gasteiger partial charge in [-0.2, -0.15) is 0 Å². The molecular formula is C15H17N5S2. The number of pyridine rings is 1. The van der Waals surface area contributed by atoms with Crippen LogP contribution in [0.5, 0.6) is 0 Å². The van der Waals surface area contributed by atoms with Crippen molar-refractivity contribution < 1.29 is 0 Å². The molecule has 3 aromatic heterocycles. The standard InChI is InChI=1S/C15H17N5S2/c1-2-13-18-19-14(22-13)10-4-7-20(8-5-10)15-17-11-9-16-6-3-12(11)21-15/h3,6,9-10H,2,4-5,7-8H2,1H3. The number of aryl methyl sites for hydroxylation is 1. The number of hydrogen-bond acceptors (Lipinski definition) is 7. The van der Waals surface area contributed by atoms with Crippen molar-refractivity contribution in [2.45, 2.75) is 32.1 Å².